The Morgan fingerprint density at radius 1 is 1.18 bits per heavy atom. The summed E-state index contributed by atoms with van der Waals surface area (Å²) in [6.45, 7) is 4.40. The maximum Gasteiger partial charge on any atom is 0.292 e. The van der Waals surface area contributed by atoms with E-state index in [1.54, 1.807) is 13.8 Å². The zero-order valence-corrected chi connectivity index (χ0v) is 12.9. The average molecular weight is 329 g/mol. The van der Waals surface area contributed by atoms with Crippen LogP contribution in [-0.2, 0) is 15.6 Å². The number of non-ortho nitro benzene ring substituents is 1. The third-order valence-electron chi connectivity index (χ3n) is 2.97. The van der Waals surface area contributed by atoms with Gasteiger partial charge in [0.25, 0.3) is 11.4 Å². The van der Waals surface area contributed by atoms with Crippen LogP contribution in [0.15, 0.2) is 23.1 Å². The van der Waals surface area contributed by atoms with Crippen LogP contribution in [-0.4, -0.2) is 43.7 Å². The summed E-state index contributed by atoms with van der Waals surface area (Å²) in [7, 11) is -1.95. The number of nitro benzene ring substituents is 2. The van der Waals surface area contributed by atoms with Crippen molar-refractivity contribution in [1.29, 1.82) is 0 Å². The van der Waals surface area contributed by atoms with Crippen molar-refractivity contribution in [3.8, 4) is 0 Å². The third-order valence-corrected chi connectivity index (χ3v) is 4.31. The summed E-state index contributed by atoms with van der Waals surface area (Å²) < 4.78 is 12.2. The monoisotopic (exact) mass is 329 g/mol. The Labute approximate surface area is 128 Å². The second kappa shape index (κ2) is 7.59. The molecule has 0 heterocycles. The second-order valence-electron chi connectivity index (χ2n) is 4.22. The van der Waals surface area contributed by atoms with E-state index in [4.69, 9.17) is 0 Å². The summed E-state index contributed by atoms with van der Waals surface area (Å²) in [5, 5.41) is 21.6. The molecule has 0 aliphatic carbocycles. The second-order valence-corrected chi connectivity index (χ2v) is 5.64. The summed E-state index contributed by atoms with van der Waals surface area (Å²) in [6.07, 6.45) is 0. The van der Waals surface area contributed by atoms with Gasteiger partial charge in [-0.3, -0.25) is 29.2 Å². The number of hydrogen-bond donors (Lipinski definition) is 0. The molecular weight excluding hydrogens is 314 g/mol. The molecule has 0 aliphatic heterocycles. The van der Waals surface area contributed by atoms with Crippen molar-refractivity contribution in [1.82, 2.24) is 4.90 Å². The molecule has 0 radical (unpaired) electrons. The van der Waals surface area contributed by atoms with Crippen LogP contribution in [0.2, 0.25) is 0 Å². The number of nitrogens with zero attached hydrogens (tertiary/aromatic N) is 3. The van der Waals surface area contributed by atoms with Crippen molar-refractivity contribution in [3.05, 3.63) is 38.4 Å². The lowest BCUT2D eigenvalue weighted by Gasteiger charge is -2.18. The van der Waals surface area contributed by atoms with Crippen LogP contribution < -0.4 is 0 Å². The molecule has 1 unspecified atom stereocenters. The minimum atomic E-state index is -1.95. The molecule has 9 nitrogen and oxygen atoms in total. The Morgan fingerprint density at radius 3 is 2.23 bits per heavy atom. The van der Waals surface area contributed by atoms with E-state index in [0.29, 0.717) is 13.1 Å². The molecule has 1 atom stereocenters. The fourth-order valence-corrected chi connectivity index (χ4v) is 2.96. The molecule has 1 aromatic rings. The van der Waals surface area contributed by atoms with Crippen molar-refractivity contribution >= 4 is 28.1 Å². The summed E-state index contributed by atoms with van der Waals surface area (Å²) in [6, 6.07) is 2.83. The molecule has 0 saturated carbocycles. The van der Waals surface area contributed by atoms with Gasteiger partial charge in [-0.1, -0.05) is 0 Å². The van der Waals surface area contributed by atoms with E-state index in [9.17, 15) is 29.2 Å². The van der Waals surface area contributed by atoms with Crippen LogP contribution >= 0.6 is 0 Å². The SMILES string of the molecule is CCN(CC)C(=O)CS(=O)c1ccc([N+](=O)[O-])cc1[N+](=O)[O-]. The fraction of sp³-hybridized carbons (Fsp3) is 0.417. The summed E-state index contributed by atoms with van der Waals surface area (Å²) in [4.78, 5) is 33.2. The number of benzene rings is 1. The highest BCUT2D eigenvalue weighted by Crippen LogP contribution is 2.27. The number of nitro groups is 2. The number of hydrogen-bond acceptors (Lipinski definition) is 6. The molecule has 0 fully saturated rings. The van der Waals surface area contributed by atoms with Gasteiger partial charge >= 0.3 is 0 Å². The highest BCUT2D eigenvalue weighted by Gasteiger charge is 2.25. The average Bonchev–Trinajstić information content (AvgIpc) is 2.47. The zero-order valence-electron chi connectivity index (χ0n) is 12.1. The van der Waals surface area contributed by atoms with Gasteiger partial charge in [-0.05, 0) is 19.9 Å². The van der Waals surface area contributed by atoms with E-state index in [2.05, 4.69) is 0 Å². The van der Waals surface area contributed by atoms with Crippen molar-refractivity contribution in [2.24, 2.45) is 0 Å². The maximum absolute atomic E-state index is 12.2. The Hall–Kier alpha value is -2.36. The first-order valence-corrected chi connectivity index (χ1v) is 7.72. The van der Waals surface area contributed by atoms with Gasteiger partial charge in [0.2, 0.25) is 5.91 Å². The van der Waals surface area contributed by atoms with Crippen LogP contribution in [0, 0.1) is 20.2 Å². The molecule has 0 N–H and O–H groups in total. The van der Waals surface area contributed by atoms with Crippen LogP contribution in [0.3, 0.4) is 0 Å². The molecule has 1 aromatic carbocycles. The molecular formula is C12H15N3O6S. The van der Waals surface area contributed by atoms with Crippen molar-refractivity contribution < 1.29 is 18.9 Å². The number of carbonyl (C=O) groups excluding carboxylic acids is 1. The lowest BCUT2D eigenvalue weighted by atomic mass is 10.3. The number of amides is 1. The lowest BCUT2D eigenvalue weighted by molar-refractivity contribution is -0.396. The predicted molar refractivity (Wildman–Crippen MR) is 79.0 cm³/mol. The standard InChI is InChI=1S/C12H15N3O6S/c1-3-13(4-2)12(16)8-22(21)11-6-5-9(14(17)18)7-10(11)15(19)20/h5-7H,3-4,8H2,1-2H3. The van der Waals surface area contributed by atoms with Crippen LogP contribution in [0.25, 0.3) is 0 Å². The number of rotatable bonds is 7. The third kappa shape index (κ3) is 4.07. The minimum absolute atomic E-state index is 0.198. The van der Waals surface area contributed by atoms with Gasteiger partial charge in [-0.25, -0.2) is 0 Å². The van der Waals surface area contributed by atoms with E-state index < -0.39 is 43.7 Å². The molecule has 1 amide bonds. The van der Waals surface area contributed by atoms with E-state index in [1.807, 2.05) is 0 Å². The Kier molecular flexibility index (Phi) is 6.11. The first-order chi connectivity index (χ1) is 10.3. The molecule has 10 heteroatoms. The van der Waals surface area contributed by atoms with Gasteiger partial charge in [0.15, 0.2) is 0 Å². The molecule has 0 aromatic heterocycles. The van der Waals surface area contributed by atoms with Crippen LogP contribution in [0.5, 0.6) is 0 Å². The van der Waals surface area contributed by atoms with Gasteiger partial charge in [0.05, 0.1) is 26.7 Å². The van der Waals surface area contributed by atoms with Crippen LogP contribution in [0.1, 0.15) is 13.8 Å². The Bertz CT molecular complexity index is 629. The molecule has 1 rings (SSSR count). The van der Waals surface area contributed by atoms with Gasteiger partial charge in [0, 0.05) is 19.2 Å². The minimum Gasteiger partial charge on any atom is -0.342 e. The van der Waals surface area contributed by atoms with Gasteiger partial charge in [-0.15, -0.1) is 0 Å². The molecule has 22 heavy (non-hydrogen) atoms. The Morgan fingerprint density at radius 2 is 1.77 bits per heavy atom. The number of carbonyl (C=O) groups is 1. The quantitative estimate of drug-likeness (QED) is 0.551. The molecule has 0 bridgehead atoms. The fourth-order valence-electron chi connectivity index (χ4n) is 1.81. The summed E-state index contributed by atoms with van der Waals surface area (Å²) >= 11 is 0. The zero-order chi connectivity index (χ0) is 16.9. The normalized spacial score (nSPS) is 11.7. The van der Waals surface area contributed by atoms with E-state index in [1.165, 1.54) is 4.90 Å². The molecule has 120 valence electrons. The van der Waals surface area contributed by atoms with Gasteiger partial charge in [-0.2, -0.15) is 0 Å². The molecule has 0 spiro atoms. The maximum atomic E-state index is 12.2. The smallest absolute Gasteiger partial charge is 0.292 e. The lowest BCUT2D eigenvalue weighted by Crippen LogP contribution is -2.34. The summed E-state index contributed by atoms with van der Waals surface area (Å²) in [5.41, 5.74) is -1.10. The largest absolute Gasteiger partial charge is 0.342 e. The van der Waals surface area contributed by atoms with Crippen molar-refractivity contribution in [3.63, 3.8) is 0 Å². The van der Waals surface area contributed by atoms with Crippen molar-refractivity contribution in [2.45, 2.75) is 18.7 Å². The first-order valence-electron chi connectivity index (χ1n) is 6.40. The van der Waals surface area contributed by atoms with E-state index >= 15 is 0 Å². The highest BCUT2D eigenvalue weighted by atomic mass is 32.2. The summed E-state index contributed by atoms with van der Waals surface area (Å²) in [5.74, 6) is -0.795. The molecule has 0 saturated heterocycles. The Balaban J connectivity index is 3.10. The predicted octanol–water partition coefficient (Wildman–Crippen LogP) is 1.48. The first kappa shape index (κ1) is 17.7. The topological polar surface area (TPSA) is 124 Å². The highest BCUT2D eigenvalue weighted by molar-refractivity contribution is 7.86. The molecule has 0 aliphatic rings. The van der Waals surface area contributed by atoms with Crippen molar-refractivity contribution in [2.75, 3.05) is 18.8 Å². The van der Waals surface area contributed by atoms with E-state index in [-0.39, 0.29) is 4.90 Å². The van der Waals surface area contributed by atoms with Gasteiger partial charge in [0.1, 0.15) is 10.6 Å². The van der Waals surface area contributed by atoms with E-state index in [0.717, 1.165) is 18.2 Å². The van der Waals surface area contributed by atoms with Gasteiger partial charge < -0.3 is 4.90 Å². The van der Waals surface area contributed by atoms with Crippen LogP contribution in [0.4, 0.5) is 11.4 Å².